The van der Waals surface area contributed by atoms with Gasteiger partial charge in [-0.3, -0.25) is 4.79 Å². The number of halogens is 2. The van der Waals surface area contributed by atoms with Crippen molar-refractivity contribution < 1.29 is 13.6 Å². The summed E-state index contributed by atoms with van der Waals surface area (Å²) in [6, 6.07) is 10.6. The molecule has 0 aliphatic heterocycles. The number of imidazole rings is 1. The summed E-state index contributed by atoms with van der Waals surface area (Å²) in [5.41, 5.74) is 1.60. The van der Waals surface area contributed by atoms with Crippen molar-refractivity contribution in [3.63, 3.8) is 0 Å². The van der Waals surface area contributed by atoms with Crippen LogP contribution >= 0.6 is 11.8 Å². The van der Waals surface area contributed by atoms with Crippen LogP contribution < -0.4 is 0 Å². The molecule has 0 radical (unpaired) electrons. The van der Waals surface area contributed by atoms with Crippen LogP contribution in [-0.2, 0) is 6.54 Å². The summed E-state index contributed by atoms with van der Waals surface area (Å²) in [5, 5.41) is 0.111. The molecule has 124 valence electrons. The normalized spacial score (nSPS) is 12.5. The maximum absolute atomic E-state index is 13.8. The van der Waals surface area contributed by atoms with E-state index in [2.05, 4.69) is 4.98 Å². The van der Waals surface area contributed by atoms with E-state index in [0.717, 1.165) is 29.2 Å². The zero-order valence-electron chi connectivity index (χ0n) is 13.3. The number of ketones is 1. The molecule has 0 saturated heterocycles. The van der Waals surface area contributed by atoms with E-state index in [4.69, 9.17) is 0 Å². The van der Waals surface area contributed by atoms with Gasteiger partial charge in [-0.05, 0) is 44.2 Å². The Kier molecular flexibility index (Phi) is 4.66. The summed E-state index contributed by atoms with van der Waals surface area (Å²) < 4.78 is 29.1. The van der Waals surface area contributed by atoms with Gasteiger partial charge in [0.2, 0.25) is 0 Å². The second-order valence-electron chi connectivity index (χ2n) is 5.38. The second-order valence-corrected chi connectivity index (χ2v) is 6.68. The molecule has 0 spiro atoms. The first-order valence-electron chi connectivity index (χ1n) is 7.62. The van der Waals surface area contributed by atoms with Crippen molar-refractivity contribution in [2.45, 2.75) is 30.8 Å². The topological polar surface area (TPSA) is 34.9 Å². The molecule has 0 aliphatic carbocycles. The highest BCUT2D eigenvalue weighted by molar-refractivity contribution is 8.00. The van der Waals surface area contributed by atoms with Crippen LogP contribution in [0.15, 0.2) is 47.6 Å². The lowest BCUT2D eigenvalue weighted by Gasteiger charge is -2.12. The summed E-state index contributed by atoms with van der Waals surface area (Å²) in [6.45, 7) is 4.38. The van der Waals surface area contributed by atoms with Crippen LogP contribution in [0.5, 0.6) is 0 Å². The standard InChI is InChI=1S/C18H16F2N2OS/c1-3-22-16-7-5-4-6-15(16)21-18(22)24-11(2)17(23)13-10-12(19)8-9-14(13)20/h4-11H,3H2,1-2H3. The summed E-state index contributed by atoms with van der Waals surface area (Å²) in [7, 11) is 0. The molecule has 6 heteroatoms. The Balaban J connectivity index is 1.90. The number of thioether (sulfide) groups is 1. The molecule has 1 heterocycles. The molecule has 3 rings (SSSR count). The molecule has 0 bridgehead atoms. The van der Waals surface area contributed by atoms with Gasteiger partial charge in [0.05, 0.1) is 21.8 Å². The van der Waals surface area contributed by atoms with Gasteiger partial charge in [-0.15, -0.1) is 0 Å². The van der Waals surface area contributed by atoms with Crippen molar-refractivity contribution in [3.8, 4) is 0 Å². The molecular weight excluding hydrogens is 330 g/mol. The third-order valence-electron chi connectivity index (χ3n) is 3.78. The first kappa shape index (κ1) is 16.6. The van der Waals surface area contributed by atoms with Crippen LogP contribution in [0.4, 0.5) is 8.78 Å². The number of aryl methyl sites for hydroxylation is 1. The fourth-order valence-corrected chi connectivity index (χ4v) is 3.62. The monoisotopic (exact) mass is 346 g/mol. The molecule has 0 fully saturated rings. The predicted molar refractivity (Wildman–Crippen MR) is 91.4 cm³/mol. The Morgan fingerprint density at radius 3 is 2.75 bits per heavy atom. The number of hydrogen-bond acceptors (Lipinski definition) is 3. The highest BCUT2D eigenvalue weighted by atomic mass is 32.2. The smallest absolute Gasteiger partial charge is 0.179 e. The van der Waals surface area contributed by atoms with Crippen LogP contribution in [0.1, 0.15) is 24.2 Å². The molecule has 3 nitrogen and oxygen atoms in total. The number of hydrogen-bond donors (Lipinski definition) is 0. The second kappa shape index (κ2) is 6.73. The Morgan fingerprint density at radius 1 is 1.25 bits per heavy atom. The number of fused-ring (bicyclic) bond motifs is 1. The van der Waals surface area contributed by atoms with Gasteiger partial charge in [-0.1, -0.05) is 23.9 Å². The zero-order chi connectivity index (χ0) is 17.3. The van der Waals surface area contributed by atoms with Crippen molar-refractivity contribution in [3.05, 3.63) is 59.7 Å². The van der Waals surface area contributed by atoms with Gasteiger partial charge in [-0.25, -0.2) is 13.8 Å². The number of carbonyl (C=O) groups is 1. The van der Waals surface area contributed by atoms with E-state index in [0.29, 0.717) is 11.7 Å². The van der Waals surface area contributed by atoms with Crippen molar-refractivity contribution in [1.82, 2.24) is 9.55 Å². The maximum Gasteiger partial charge on any atom is 0.179 e. The number of carbonyl (C=O) groups excluding carboxylic acids is 1. The number of Topliss-reactive ketones (excluding diaryl/α,β-unsaturated/α-hetero) is 1. The lowest BCUT2D eigenvalue weighted by atomic mass is 10.1. The van der Waals surface area contributed by atoms with Gasteiger partial charge in [0.1, 0.15) is 11.6 Å². The van der Waals surface area contributed by atoms with Crippen molar-refractivity contribution >= 4 is 28.6 Å². The molecule has 2 aromatic carbocycles. The zero-order valence-corrected chi connectivity index (χ0v) is 14.1. The largest absolute Gasteiger partial charge is 0.319 e. The molecular formula is C18H16F2N2OS. The predicted octanol–water partition coefficient (Wildman–Crippen LogP) is 4.70. The van der Waals surface area contributed by atoms with Gasteiger partial charge in [0.15, 0.2) is 10.9 Å². The highest BCUT2D eigenvalue weighted by Gasteiger charge is 2.23. The van der Waals surface area contributed by atoms with E-state index in [9.17, 15) is 13.6 Å². The first-order valence-corrected chi connectivity index (χ1v) is 8.50. The van der Waals surface area contributed by atoms with Gasteiger partial charge in [0, 0.05) is 6.54 Å². The third-order valence-corrected chi connectivity index (χ3v) is 4.87. The van der Waals surface area contributed by atoms with E-state index >= 15 is 0 Å². The molecule has 0 N–H and O–H groups in total. The molecule has 0 aliphatic rings. The molecule has 0 amide bonds. The van der Waals surface area contributed by atoms with E-state index in [1.807, 2.05) is 35.8 Å². The average Bonchev–Trinajstić information content (AvgIpc) is 2.93. The fraction of sp³-hybridized carbons (Fsp3) is 0.222. The van der Waals surface area contributed by atoms with Crippen molar-refractivity contribution in [2.24, 2.45) is 0 Å². The van der Waals surface area contributed by atoms with E-state index in [-0.39, 0.29) is 5.56 Å². The number of aromatic nitrogens is 2. The van der Waals surface area contributed by atoms with Crippen LogP contribution in [-0.4, -0.2) is 20.6 Å². The highest BCUT2D eigenvalue weighted by Crippen LogP contribution is 2.29. The molecule has 1 unspecified atom stereocenters. The Labute approximate surface area is 142 Å². The number of benzene rings is 2. The van der Waals surface area contributed by atoms with Gasteiger partial charge >= 0.3 is 0 Å². The maximum atomic E-state index is 13.8. The lowest BCUT2D eigenvalue weighted by molar-refractivity contribution is 0.0989. The molecule has 1 aromatic heterocycles. The van der Waals surface area contributed by atoms with E-state index in [1.165, 1.54) is 11.8 Å². The minimum atomic E-state index is -0.710. The average molecular weight is 346 g/mol. The van der Waals surface area contributed by atoms with E-state index in [1.54, 1.807) is 6.92 Å². The molecule has 24 heavy (non-hydrogen) atoms. The van der Waals surface area contributed by atoms with Gasteiger partial charge < -0.3 is 4.57 Å². The molecule has 3 aromatic rings. The minimum Gasteiger partial charge on any atom is -0.319 e. The van der Waals surface area contributed by atoms with E-state index < -0.39 is 22.7 Å². The van der Waals surface area contributed by atoms with Crippen LogP contribution in [0.2, 0.25) is 0 Å². The molecule has 0 saturated carbocycles. The van der Waals surface area contributed by atoms with Gasteiger partial charge in [0.25, 0.3) is 0 Å². The number of para-hydroxylation sites is 2. The lowest BCUT2D eigenvalue weighted by Crippen LogP contribution is -2.16. The Hall–Kier alpha value is -2.21. The van der Waals surface area contributed by atoms with Crippen LogP contribution in [0.3, 0.4) is 0 Å². The number of nitrogens with zero attached hydrogens (tertiary/aromatic N) is 2. The quantitative estimate of drug-likeness (QED) is 0.496. The van der Waals surface area contributed by atoms with Crippen molar-refractivity contribution in [2.75, 3.05) is 0 Å². The third kappa shape index (κ3) is 3.06. The van der Waals surface area contributed by atoms with Crippen LogP contribution in [0.25, 0.3) is 11.0 Å². The summed E-state index contributed by atoms with van der Waals surface area (Å²) in [4.78, 5) is 17.0. The summed E-state index contributed by atoms with van der Waals surface area (Å²) in [6.07, 6.45) is 0. The van der Waals surface area contributed by atoms with Crippen molar-refractivity contribution in [1.29, 1.82) is 0 Å². The Morgan fingerprint density at radius 2 is 2.00 bits per heavy atom. The SMILES string of the molecule is CCn1c(SC(C)C(=O)c2cc(F)ccc2F)nc2ccccc21. The summed E-state index contributed by atoms with van der Waals surface area (Å²) in [5.74, 6) is -1.79. The fourth-order valence-electron chi connectivity index (χ4n) is 2.57. The van der Waals surface area contributed by atoms with Gasteiger partial charge in [-0.2, -0.15) is 0 Å². The van der Waals surface area contributed by atoms with Crippen LogP contribution in [0, 0.1) is 11.6 Å². The first-order chi connectivity index (χ1) is 11.5. The minimum absolute atomic E-state index is 0.228. The number of rotatable bonds is 5. The molecule has 1 atom stereocenters. The summed E-state index contributed by atoms with van der Waals surface area (Å²) >= 11 is 1.25. The Bertz CT molecular complexity index is 907.